The van der Waals surface area contributed by atoms with Crippen LogP contribution in [-0.2, 0) is 6.42 Å². The zero-order chi connectivity index (χ0) is 18.0. The Labute approximate surface area is 145 Å². The maximum absolute atomic E-state index is 12.6. The second kappa shape index (κ2) is 6.73. The molecule has 0 fully saturated rings. The Hall–Kier alpha value is -3.21. The maximum atomic E-state index is 12.6. The molecular weight excluding hydrogens is 316 g/mol. The Balaban J connectivity index is 2.04. The summed E-state index contributed by atoms with van der Waals surface area (Å²) in [5.41, 5.74) is 2.38. The third-order valence-corrected chi connectivity index (χ3v) is 4.19. The van der Waals surface area contributed by atoms with E-state index in [1.54, 1.807) is 24.3 Å². The standard InChI is InChI=1S/C20H18N2O3/c1-3-15-7-6-8-16(13-15)11-12-19(23)20-14(2)21(24)17-9-4-5-10-18(17)22(20)25/h4-13H,3H2,1-2H3. The van der Waals surface area contributed by atoms with Crippen LogP contribution >= 0.6 is 0 Å². The molecule has 0 unspecified atom stereocenters. The van der Waals surface area contributed by atoms with Gasteiger partial charge in [0.05, 0.1) is 0 Å². The molecular formula is C20H18N2O3. The number of aryl methyl sites for hydroxylation is 1. The lowest BCUT2D eigenvalue weighted by Gasteiger charge is -2.09. The second-order valence-corrected chi connectivity index (χ2v) is 5.81. The fraction of sp³-hybridized carbons (Fsp3) is 0.150. The summed E-state index contributed by atoms with van der Waals surface area (Å²) < 4.78 is 1.16. The number of carbonyl (C=O) groups is 1. The summed E-state index contributed by atoms with van der Waals surface area (Å²) in [6.45, 7) is 3.53. The highest BCUT2D eigenvalue weighted by molar-refractivity contribution is 6.05. The van der Waals surface area contributed by atoms with Crippen LogP contribution < -0.4 is 9.46 Å². The predicted octanol–water partition coefficient (Wildman–Crippen LogP) is 2.87. The van der Waals surface area contributed by atoms with Gasteiger partial charge in [-0.25, -0.2) is 0 Å². The molecule has 3 aromatic rings. The lowest BCUT2D eigenvalue weighted by atomic mass is 10.1. The monoisotopic (exact) mass is 334 g/mol. The number of ketones is 1. The molecule has 0 aliphatic heterocycles. The zero-order valence-electron chi connectivity index (χ0n) is 14.1. The van der Waals surface area contributed by atoms with E-state index in [1.807, 2.05) is 24.3 Å². The molecule has 0 spiro atoms. The number of fused-ring (bicyclic) bond motifs is 1. The van der Waals surface area contributed by atoms with E-state index in [-0.39, 0.29) is 22.4 Å². The second-order valence-electron chi connectivity index (χ2n) is 5.81. The Morgan fingerprint density at radius 3 is 2.40 bits per heavy atom. The maximum Gasteiger partial charge on any atom is 0.333 e. The van der Waals surface area contributed by atoms with E-state index in [2.05, 4.69) is 6.92 Å². The Kier molecular flexibility index (Phi) is 4.48. The molecule has 0 atom stereocenters. The fourth-order valence-corrected chi connectivity index (χ4v) is 2.80. The van der Waals surface area contributed by atoms with Gasteiger partial charge in [0, 0.05) is 19.1 Å². The number of para-hydroxylation sites is 2. The molecule has 5 heteroatoms. The van der Waals surface area contributed by atoms with Gasteiger partial charge < -0.3 is 10.4 Å². The van der Waals surface area contributed by atoms with Gasteiger partial charge in [-0.05, 0) is 23.6 Å². The molecule has 2 aromatic carbocycles. The van der Waals surface area contributed by atoms with Crippen molar-refractivity contribution in [2.45, 2.75) is 20.3 Å². The fourth-order valence-electron chi connectivity index (χ4n) is 2.80. The number of carbonyl (C=O) groups excluding carboxylic acids is 1. The average Bonchev–Trinajstić information content (AvgIpc) is 2.65. The average molecular weight is 334 g/mol. The van der Waals surface area contributed by atoms with Gasteiger partial charge in [-0.3, -0.25) is 4.79 Å². The highest BCUT2D eigenvalue weighted by Crippen LogP contribution is 2.12. The van der Waals surface area contributed by atoms with Gasteiger partial charge >= 0.3 is 5.69 Å². The summed E-state index contributed by atoms with van der Waals surface area (Å²) in [6.07, 6.45) is 3.89. The molecule has 1 heterocycles. The van der Waals surface area contributed by atoms with Crippen LogP contribution in [0.1, 0.15) is 34.2 Å². The summed E-state index contributed by atoms with van der Waals surface area (Å²) >= 11 is 0. The number of allylic oxidation sites excluding steroid dienone is 1. The van der Waals surface area contributed by atoms with Crippen LogP contribution in [0.3, 0.4) is 0 Å². The molecule has 0 radical (unpaired) electrons. The minimum Gasteiger partial charge on any atom is -0.618 e. The Bertz CT molecular complexity index is 994. The molecule has 0 amide bonds. The van der Waals surface area contributed by atoms with Gasteiger partial charge in [-0.1, -0.05) is 49.4 Å². The first-order valence-electron chi connectivity index (χ1n) is 8.08. The number of nitrogens with zero attached hydrogens (tertiary/aromatic N) is 2. The third-order valence-electron chi connectivity index (χ3n) is 4.19. The summed E-state index contributed by atoms with van der Waals surface area (Å²) in [5, 5.41) is 24.9. The summed E-state index contributed by atoms with van der Waals surface area (Å²) in [4.78, 5) is 12.6. The van der Waals surface area contributed by atoms with Crippen molar-refractivity contribution in [3.8, 4) is 0 Å². The number of benzene rings is 2. The van der Waals surface area contributed by atoms with Crippen molar-refractivity contribution in [1.29, 1.82) is 0 Å². The van der Waals surface area contributed by atoms with Crippen molar-refractivity contribution in [1.82, 2.24) is 0 Å². The van der Waals surface area contributed by atoms with Gasteiger partial charge in [0.1, 0.15) is 0 Å². The van der Waals surface area contributed by atoms with Crippen LogP contribution in [0.25, 0.3) is 17.1 Å². The lowest BCUT2D eigenvalue weighted by Crippen LogP contribution is -2.46. The number of rotatable bonds is 4. The quantitative estimate of drug-likeness (QED) is 0.319. The van der Waals surface area contributed by atoms with Crippen molar-refractivity contribution in [3.05, 3.63) is 87.5 Å². The van der Waals surface area contributed by atoms with Gasteiger partial charge in [0.25, 0.3) is 22.5 Å². The first kappa shape index (κ1) is 16.6. The first-order chi connectivity index (χ1) is 12.0. The van der Waals surface area contributed by atoms with Crippen molar-refractivity contribution < 1.29 is 14.3 Å². The van der Waals surface area contributed by atoms with Gasteiger partial charge in [0.15, 0.2) is 0 Å². The molecule has 0 aliphatic rings. The van der Waals surface area contributed by atoms with E-state index < -0.39 is 5.78 Å². The van der Waals surface area contributed by atoms with Crippen molar-refractivity contribution >= 4 is 22.9 Å². The number of hydrogen-bond acceptors (Lipinski definition) is 3. The SMILES string of the molecule is CCc1cccc(C=CC(=O)c2c(C)[n+]([O-])c3ccccc3[n+]2[O-])c1. The highest BCUT2D eigenvalue weighted by Gasteiger charge is 2.28. The van der Waals surface area contributed by atoms with E-state index in [1.165, 1.54) is 19.1 Å². The molecule has 3 rings (SSSR count). The molecule has 0 bridgehead atoms. The molecule has 126 valence electrons. The smallest absolute Gasteiger partial charge is 0.333 e. The van der Waals surface area contributed by atoms with Gasteiger partial charge in [-0.2, -0.15) is 9.46 Å². The van der Waals surface area contributed by atoms with E-state index in [9.17, 15) is 15.2 Å². The first-order valence-corrected chi connectivity index (χ1v) is 8.08. The van der Waals surface area contributed by atoms with Crippen LogP contribution in [0.4, 0.5) is 0 Å². The zero-order valence-corrected chi connectivity index (χ0v) is 14.1. The third kappa shape index (κ3) is 3.08. The normalized spacial score (nSPS) is 11.3. The minimum absolute atomic E-state index is 0.0886. The molecule has 25 heavy (non-hydrogen) atoms. The Morgan fingerprint density at radius 1 is 1.04 bits per heavy atom. The van der Waals surface area contributed by atoms with Gasteiger partial charge in [0.2, 0.25) is 0 Å². The van der Waals surface area contributed by atoms with Crippen molar-refractivity contribution in [2.75, 3.05) is 0 Å². The van der Waals surface area contributed by atoms with E-state index in [4.69, 9.17) is 0 Å². The summed E-state index contributed by atoms with van der Waals surface area (Å²) in [5.74, 6) is -0.496. The lowest BCUT2D eigenvalue weighted by molar-refractivity contribution is -0.635. The topological polar surface area (TPSA) is 71.0 Å². The van der Waals surface area contributed by atoms with Crippen LogP contribution in [0.5, 0.6) is 0 Å². The van der Waals surface area contributed by atoms with Gasteiger partial charge in [-0.15, -0.1) is 0 Å². The minimum atomic E-state index is -0.496. The predicted molar refractivity (Wildman–Crippen MR) is 95.8 cm³/mol. The van der Waals surface area contributed by atoms with Crippen molar-refractivity contribution in [3.63, 3.8) is 0 Å². The molecule has 5 nitrogen and oxygen atoms in total. The molecule has 0 aliphatic carbocycles. The Morgan fingerprint density at radius 2 is 1.72 bits per heavy atom. The number of hydrogen-bond donors (Lipinski definition) is 0. The molecule has 0 saturated carbocycles. The van der Waals surface area contributed by atoms with Crippen LogP contribution in [0.15, 0.2) is 54.6 Å². The summed E-state index contributed by atoms with van der Waals surface area (Å²) in [7, 11) is 0. The van der Waals surface area contributed by atoms with E-state index in [0.717, 1.165) is 17.5 Å². The molecule has 0 saturated heterocycles. The van der Waals surface area contributed by atoms with Crippen LogP contribution in [0.2, 0.25) is 0 Å². The molecule has 1 aromatic heterocycles. The summed E-state index contributed by atoms with van der Waals surface area (Å²) in [6, 6.07) is 14.2. The van der Waals surface area contributed by atoms with E-state index >= 15 is 0 Å². The highest BCUT2D eigenvalue weighted by atomic mass is 16.5. The van der Waals surface area contributed by atoms with Crippen LogP contribution in [-0.4, -0.2) is 5.78 Å². The van der Waals surface area contributed by atoms with Crippen molar-refractivity contribution in [2.24, 2.45) is 0 Å². The largest absolute Gasteiger partial charge is 0.618 e. The van der Waals surface area contributed by atoms with Crippen LogP contribution in [0, 0.1) is 17.3 Å². The number of aromatic nitrogens is 2. The van der Waals surface area contributed by atoms with E-state index in [0.29, 0.717) is 9.46 Å². The molecule has 0 N–H and O–H groups in total.